The summed E-state index contributed by atoms with van der Waals surface area (Å²) >= 11 is 5.34. The Balaban J connectivity index is 0. The zero-order chi connectivity index (χ0) is 9.44. The average molecular weight is 182 g/mol. The van der Waals surface area contributed by atoms with Gasteiger partial charge in [-0.25, -0.2) is 0 Å². The second-order valence-electron chi connectivity index (χ2n) is 2.68. The Morgan fingerprint density at radius 3 is 1.73 bits per heavy atom. The van der Waals surface area contributed by atoms with Crippen molar-refractivity contribution in [3.63, 3.8) is 0 Å². The fraction of sp³-hybridized carbons (Fsp3) is 0.857. The summed E-state index contributed by atoms with van der Waals surface area (Å²) in [6, 6.07) is -0.731. The lowest BCUT2D eigenvalue weighted by molar-refractivity contribution is -0.138. The molecule has 3 nitrogen and oxygen atoms in total. The van der Waals surface area contributed by atoms with Gasteiger partial charge in [0.1, 0.15) is 6.04 Å². The Kier molecular flexibility index (Phi) is 9.47. The lowest BCUT2D eigenvalue weighted by atomic mass is 10.3. The zero-order valence-electron chi connectivity index (χ0n) is 7.17. The molecule has 0 radical (unpaired) electrons. The molecule has 1 unspecified atom stereocenters. The van der Waals surface area contributed by atoms with E-state index >= 15 is 0 Å². The summed E-state index contributed by atoms with van der Waals surface area (Å²) in [7, 11) is 0. The van der Waals surface area contributed by atoms with Crippen LogP contribution in [-0.2, 0) is 4.79 Å². The van der Waals surface area contributed by atoms with Gasteiger partial charge >= 0.3 is 5.97 Å². The second-order valence-corrected chi connectivity index (χ2v) is 2.98. The molecule has 0 saturated carbocycles. The third-order valence-electron chi connectivity index (χ3n) is 0.698. The maximum absolute atomic E-state index is 9.57. The minimum atomic E-state index is -0.963. The predicted octanol–water partition coefficient (Wildman–Crippen LogP) is 1.30. The van der Waals surface area contributed by atoms with Crippen LogP contribution in [0, 0.1) is 5.92 Å². The van der Waals surface area contributed by atoms with E-state index < -0.39 is 12.0 Å². The van der Waals surface area contributed by atoms with Crippen molar-refractivity contribution < 1.29 is 9.90 Å². The highest BCUT2D eigenvalue weighted by Crippen LogP contribution is 1.91. The van der Waals surface area contributed by atoms with Crippen molar-refractivity contribution in [1.29, 1.82) is 0 Å². The number of aliphatic carboxylic acids is 1. The fourth-order valence-electron chi connectivity index (χ4n) is 0. The summed E-state index contributed by atoms with van der Waals surface area (Å²) in [5, 5.41) is 7.87. The number of rotatable bonds is 2. The maximum Gasteiger partial charge on any atom is 0.320 e. The lowest BCUT2D eigenvalue weighted by Crippen LogP contribution is -2.25. The standard InChI is InChI=1S/C4H9Cl.C3H7NO2/c1-4(2)3-5;1-2(4)3(5)6/h4H,3H2,1-2H3;2H,4H2,1H3,(H,5,6). The summed E-state index contributed by atoms with van der Waals surface area (Å²) < 4.78 is 0. The first-order chi connectivity index (χ1) is 4.91. The van der Waals surface area contributed by atoms with Crippen LogP contribution in [0.4, 0.5) is 0 Å². The molecule has 0 amide bonds. The molecule has 1 atom stereocenters. The minimum Gasteiger partial charge on any atom is -0.480 e. The van der Waals surface area contributed by atoms with Gasteiger partial charge in [0.05, 0.1) is 0 Å². The van der Waals surface area contributed by atoms with Gasteiger partial charge in [0.15, 0.2) is 0 Å². The molecule has 4 heteroatoms. The van der Waals surface area contributed by atoms with Crippen LogP contribution in [0.3, 0.4) is 0 Å². The fourth-order valence-corrected chi connectivity index (χ4v) is 0. The van der Waals surface area contributed by atoms with E-state index in [9.17, 15) is 4.79 Å². The molecule has 0 heterocycles. The Bertz CT molecular complexity index is 105. The SMILES string of the molecule is CC(C)CCl.CC(N)C(=O)O. The number of alkyl halides is 1. The minimum absolute atomic E-state index is 0.650. The van der Waals surface area contributed by atoms with Crippen LogP contribution in [0.5, 0.6) is 0 Å². The van der Waals surface area contributed by atoms with Crippen molar-refractivity contribution in [2.24, 2.45) is 11.7 Å². The van der Waals surface area contributed by atoms with Crippen LogP contribution in [0.25, 0.3) is 0 Å². The van der Waals surface area contributed by atoms with Gasteiger partial charge in [0.2, 0.25) is 0 Å². The first kappa shape index (κ1) is 13.3. The molecule has 0 aromatic heterocycles. The molecule has 0 aliphatic carbocycles. The van der Waals surface area contributed by atoms with E-state index in [0.29, 0.717) is 5.92 Å². The molecular weight excluding hydrogens is 166 g/mol. The number of carboxylic acid groups (broad SMARTS) is 1. The monoisotopic (exact) mass is 181 g/mol. The number of hydrogen-bond acceptors (Lipinski definition) is 2. The van der Waals surface area contributed by atoms with Gasteiger partial charge in [-0.15, -0.1) is 11.6 Å². The number of hydrogen-bond donors (Lipinski definition) is 2. The van der Waals surface area contributed by atoms with E-state index in [0.717, 1.165) is 5.88 Å². The number of carboxylic acids is 1. The van der Waals surface area contributed by atoms with Crippen molar-refractivity contribution in [3.05, 3.63) is 0 Å². The third kappa shape index (κ3) is 17.7. The van der Waals surface area contributed by atoms with E-state index in [-0.39, 0.29) is 0 Å². The van der Waals surface area contributed by atoms with Gasteiger partial charge in [-0.1, -0.05) is 13.8 Å². The van der Waals surface area contributed by atoms with E-state index in [1.54, 1.807) is 0 Å². The molecule has 0 bridgehead atoms. The molecule has 3 N–H and O–H groups in total. The van der Waals surface area contributed by atoms with Crippen molar-refractivity contribution in [3.8, 4) is 0 Å². The van der Waals surface area contributed by atoms with E-state index in [2.05, 4.69) is 13.8 Å². The second kappa shape index (κ2) is 7.82. The summed E-state index contributed by atoms with van der Waals surface area (Å²) in [6.07, 6.45) is 0. The molecule has 0 aliphatic rings. The zero-order valence-corrected chi connectivity index (χ0v) is 7.93. The number of halogens is 1. The highest BCUT2D eigenvalue weighted by Gasteiger charge is 1.99. The van der Waals surface area contributed by atoms with Crippen LogP contribution in [0.2, 0.25) is 0 Å². The average Bonchev–Trinajstić information content (AvgIpc) is 1.89. The van der Waals surface area contributed by atoms with E-state index in [4.69, 9.17) is 22.4 Å². The molecule has 0 rings (SSSR count). The predicted molar refractivity (Wildman–Crippen MR) is 46.8 cm³/mol. The molecule has 0 aromatic rings. The topological polar surface area (TPSA) is 63.3 Å². The van der Waals surface area contributed by atoms with E-state index in [1.807, 2.05) is 0 Å². The Morgan fingerprint density at radius 2 is 1.73 bits per heavy atom. The third-order valence-corrected chi connectivity index (χ3v) is 1.32. The Labute approximate surface area is 72.5 Å². The van der Waals surface area contributed by atoms with Gasteiger partial charge in [0.25, 0.3) is 0 Å². The van der Waals surface area contributed by atoms with Crippen LogP contribution in [-0.4, -0.2) is 23.0 Å². The summed E-state index contributed by atoms with van der Waals surface area (Å²) in [4.78, 5) is 9.57. The van der Waals surface area contributed by atoms with Gasteiger partial charge in [0, 0.05) is 5.88 Å². The molecule has 0 aromatic carbocycles. The quantitative estimate of drug-likeness (QED) is 0.632. The van der Waals surface area contributed by atoms with Gasteiger partial charge in [-0.3, -0.25) is 4.79 Å². The van der Waals surface area contributed by atoms with Gasteiger partial charge in [-0.2, -0.15) is 0 Å². The molecule has 0 fully saturated rings. The normalized spacial score (nSPS) is 11.8. The largest absolute Gasteiger partial charge is 0.480 e. The Hall–Kier alpha value is -0.280. The molecule has 0 saturated heterocycles. The first-order valence-corrected chi connectivity index (χ1v) is 3.99. The van der Waals surface area contributed by atoms with Crippen molar-refractivity contribution in [1.82, 2.24) is 0 Å². The van der Waals surface area contributed by atoms with Crippen LogP contribution < -0.4 is 5.73 Å². The van der Waals surface area contributed by atoms with Gasteiger partial charge in [-0.05, 0) is 12.8 Å². The number of carbonyl (C=O) groups is 1. The molecule has 0 aliphatic heterocycles. The number of nitrogens with two attached hydrogens (primary N) is 1. The van der Waals surface area contributed by atoms with Crippen molar-refractivity contribution >= 4 is 17.6 Å². The smallest absolute Gasteiger partial charge is 0.320 e. The summed E-state index contributed by atoms with van der Waals surface area (Å²) in [5.74, 6) is 0.465. The van der Waals surface area contributed by atoms with Gasteiger partial charge < -0.3 is 10.8 Å². The molecule has 68 valence electrons. The summed E-state index contributed by atoms with van der Waals surface area (Å²) in [6.45, 7) is 5.60. The highest BCUT2D eigenvalue weighted by molar-refractivity contribution is 6.17. The molecule has 11 heavy (non-hydrogen) atoms. The van der Waals surface area contributed by atoms with Crippen LogP contribution in [0.15, 0.2) is 0 Å². The molecular formula is C7H16ClNO2. The van der Waals surface area contributed by atoms with E-state index in [1.165, 1.54) is 6.92 Å². The Morgan fingerprint density at radius 1 is 1.55 bits per heavy atom. The summed E-state index contributed by atoms with van der Waals surface area (Å²) in [5.41, 5.74) is 4.84. The molecule has 0 spiro atoms. The maximum atomic E-state index is 9.57. The highest BCUT2D eigenvalue weighted by atomic mass is 35.5. The van der Waals surface area contributed by atoms with Crippen molar-refractivity contribution in [2.45, 2.75) is 26.8 Å². The lowest BCUT2D eigenvalue weighted by Gasteiger charge is -1.90. The van der Waals surface area contributed by atoms with Crippen molar-refractivity contribution in [2.75, 3.05) is 5.88 Å². The van der Waals surface area contributed by atoms with Crippen LogP contribution >= 0.6 is 11.6 Å². The first-order valence-electron chi connectivity index (χ1n) is 3.46. The van der Waals surface area contributed by atoms with Crippen LogP contribution in [0.1, 0.15) is 20.8 Å².